The summed E-state index contributed by atoms with van der Waals surface area (Å²) in [4.78, 5) is 9.21. The molecule has 0 aliphatic carbocycles. The fraction of sp³-hybridized carbons (Fsp3) is 0.529. The fourth-order valence-electron chi connectivity index (χ4n) is 3.13. The van der Waals surface area contributed by atoms with Gasteiger partial charge in [0, 0.05) is 18.7 Å². The zero-order valence-corrected chi connectivity index (χ0v) is 13.6. The third-order valence-electron chi connectivity index (χ3n) is 4.10. The monoisotopic (exact) mass is 300 g/mol. The lowest BCUT2D eigenvalue weighted by Gasteiger charge is -2.16. The average Bonchev–Trinajstić information content (AvgIpc) is 3.08. The number of aryl methyl sites for hydroxylation is 1. The minimum Gasteiger partial charge on any atom is -0.338 e. The van der Waals surface area contributed by atoms with Crippen molar-refractivity contribution in [2.75, 3.05) is 33.7 Å². The summed E-state index contributed by atoms with van der Waals surface area (Å²) in [5.41, 5.74) is 2.22. The van der Waals surface area contributed by atoms with Crippen molar-refractivity contribution < 1.29 is 4.52 Å². The highest BCUT2D eigenvalue weighted by atomic mass is 16.5. The fourth-order valence-corrected chi connectivity index (χ4v) is 3.13. The maximum Gasteiger partial charge on any atom is 0.241 e. The SMILES string of the molecule is Cc1cccc(-c2noc(CN3CC[C@H](CN(C)C)C3)n2)c1. The molecule has 0 unspecified atom stereocenters. The van der Waals surface area contributed by atoms with E-state index in [-0.39, 0.29) is 0 Å². The molecular formula is C17H24N4O. The first-order chi connectivity index (χ1) is 10.6. The molecule has 2 heterocycles. The maximum atomic E-state index is 5.42. The minimum atomic E-state index is 0.683. The second-order valence-electron chi connectivity index (χ2n) is 6.53. The zero-order chi connectivity index (χ0) is 15.5. The first-order valence-electron chi connectivity index (χ1n) is 7.87. The molecule has 1 saturated heterocycles. The van der Waals surface area contributed by atoms with E-state index in [9.17, 15) is 0 Å². The van der Waals surface area contributed by atoms with Gasteiger partial charge < -0.3 is 9.42 Å². The molecule has 2 aromatic rings. The number of aromatic nitrogens is 2. The van der Waals surface area contributed by atoms with Crippen LogP contribution < -0.4 is 0 Å². The molecule has 3 rings (SSSR count). The van der Waals surface area contributed by atoms with Gasteiger partial charge in [0.25, 0.3) is 0 Å². The Morgan fingerprint density at radius 1 is 1.36 bits per heavy atom. The van der Waals surface area contributed by atoms with E-state index in [1.54, 1.807) is 0 Å². The molecule has 1 aliphatic heterocycles. The van der Waals surface area contributed by atoms with Crippen LogP contribution in [-0.2, 0) is 6.54 Å². The summed E-state index contributed by atoms with van der Waals surface area (Å²) in [5, 5.41) is 4.12. The first kappa shape index (κ1) is 15.2. The summed E-state index contributed by atoms with van der Waals surface area (Å²) in [6.07, 6.45) is 1.25. The first-order valence-corrected chi connectivity index (χ1v) is 7.87. The van der Waals surface area contributed by atoms with Gasteiger partial charge in [-0.2, -0.15) is 4.98 Å². The van der Waals surface area contributed by atoms with Crippen molar-refractivity contribution in [2.45, 2.75) is 19.9 Å². The normalized spacial score (nSPS) is 19.2. The van der Waals surface area contributed by atoms with Crippen LogP contribution in [0.3, 0.4) is 0 Å². The number of nitrogens with zero attached hydrogens (tertiary/aromatic N) is 4. The van der Waals surface area contributed by atoms with Gasteiger partial charge >= 0.3 is 0 Å². The lowest BCUT2D eigenvalue weighted by Crippen LogP contribution is -2.25. The van der Waals surface area contributed by atoms with Crippen LogP contribution in [0, 0.1) is 12.8 Å². The Balaban J connectivity index is 1.61. The second-order valence-corrected chi connectivity index (χ2v) is 6.53. The maximum absolute atomic E-state index is 5.42. The van der Waals surface area contributed by atoms with E-state index in [2.05, 4.69) is 53.1 Å². The summed E-state index contributed by atoms with van der Waals surface area (Å²) in [7, 11) is 4.27. The molecule has 0 N–H and O–H groups in total. The van der Waals surface area contributed by atoms with E-state index in [1.165, 1.54) is 12.0 Å². The Morgan fingerprint density at radius 3 is 3.00 bits per heavy atom. The predicted molar refractivity (Wildman–Crippen MR) is 86.4 cm³/mol. The summed E-state index contributed by atoms with van der Waals surface area (Å²) < 4.78 is 5.42. The summed E-state index contributed by atoms with van der Waals surface area (Å²) in [6.45, 7) is 6.19. The van der Waals surface area contributed by atoms with Gasteiger partial charge in [-0.3, -0.25) is 4.90 Å². The Morgan fingerprint density at radius 2 is 2.23 bits per heavy atom. The Bertz CT molecular complexity index is 623. The van der Waals surface area contributed by atoms with Crippen LogP contribution >= 0.6 is 0 Å². The summed E-state index contributed by atoms with van der Waals surface area (Å²) in [6, 6.07) is 8.19. The van der Waals surface area contributed by atoms with Crippen molar-refractivity contribution in [3.8, 4) is 11.4 Å². The zero-order valence-electron chi connectivity index (χ0n) is 13.6. The average molecular weight is 300 g/mol. The highest BCUT2D eigenvalue weighted by Crippen LogP contribution is 2.21. The van der Waals surface area contributed by atoms with Gasteiger partial charge in [0.15, 0.2) is 0 Å². The third kappa shape index (κ3) is 3.72. The van der Waals surface area contributed by atoms with Crippen LogP contribution in [0.4, 0.5) is 0 Å². The van der Waals surface area contributed by atoms with Crippen LogP contribution in [0.25, 0.3) is 11.4 Å². The van der Waals surface area contributed by atoms with E-state index >= 15 is 0 Å². The molecule has 1 fully saturated rings. The van der Waals surface area contributed by atoms with E-state index in [4.69, 9.17) is 4.52 Å². The number of hydrogen-bond acceptors (Lipinski definition) is 5. The lowest BCUT2D eigenvalue weighted by atomic mass is 10.1. The molecule has 1 aromatic heterocycles. The van der Waals surface area contributed by atoms with Crippen LogP contribution in [0.5, 0.6) is 0 Å². The molecule has 5 nitrogen and oxygen atoms in total. The number of likely N-dealkylation sites (tertiary alicyclic amines) is 1. The second kappa shape index (κ2) is 6.58. The molecule has 0 saturated carbocycles. The van der Waals surface area contributed by atoms with Gasteiger partial charge in [-0.25, -0.2) is 0 Å². The van der Waals surface area contributed by atoms with Crippen LogP contribution in [-0.4, -0.2) is 53.7 Å². The Kier molecular flexibility index (Phi) is 4.55. The minimum absolute atomic E-state index is 0.683. The number of benzene rings is 1. The van der Waals surface area contributed by atoms with Crippen molar-refractivity contribution >= 4 is 0 Å². The van der Waals surface area contributed by atoms with Crippen molar-refractivity contribution in [2.24, 2.45) is 5.92 Å². The van der Waals surface area contributed by atoms with Gasteiger partial charge in [0.05, 0.1) is 6.54 Å². The highest BCUT2D eigenvalue weighted by Gasteiger charge is 2.24. The van der Waals surface area contributed by atoms with E-state index in [1.807, 2.05) is 12.1 Å². The largest absolute Gasteiger partial charge is 0.338 e. The standard InChI is InChI=1S/C17H24N4O/c1-13-5-4-6-15(9-13)17-18-16(22-19-17)12-21-8-7-14(11-21)10-20(2)3/h4-6,9,14H,7-8,10-12H2,1-3H3/t14-/m1/s1. The molecule has 1 atom stereocenters. The Hall–Kier alpha value is -1.72. The molecule has 0 bridgehead atoms. The smallest absolute Gasteiger partial charge is 0.241 e. The van der Waals surface area contributed by atoms with Crippen LogP contribution in [0.15, 0.2) is 28.8 Å². The van der Waals surface area contributed by atoms with Crippen molar-refractivity contribution in [3.05, 3.63) is 35.7 Å². The molecule has 5 heteroatoms. The van der Waals surface area contributed by atoms with Gasteiger partial charge in [0.1, 0.15) is 0 Å². The molecule has 22 heavy (non-hydrogen) atoms. The highest BCUT2D eigenvalue weighted by molar-refractivity contribution is 5.55. The molecule has 0 radical (unpaired) electrons. The molecule has 1 aromatic carbocycles. The number of hydrogen-bond donors (Lipinski definition) is 0. The van der Waals surface area contributed by atoms with Crippen molar-refractivity contribution in [1.29, 1.82) is 0 Å². The summed E-state index contributed by atoms with van der Waals surface area (Å²) in [5.74, 6) is 2.14. The van der Waals surface area contributed by atoms with E-state index in [0.717, 1.165) is 37.7 Å². The van der Waals surface area contributed by atoms with Gasteiger partial charge in [-0.05, 0) is 46.0 Å². The topological polar surface area (TPSA) is 45.4 Å². The molecule has 0 spiro atoms. The number of rotatable bonds is 5. The third-order valence-corrected chi connectivity index (χ3v) is 4.10. The van der Waals surface area contributed by atoms with Gasteiger partial charge in [-0.15, -0.1) is 0 Å². The summed E-state index contributed by atoms with van der Waals surface area (Å²) >= 11 is 0. The van der Waals surface area contributed by atoms with Crippen molar-refractivity contribution in [3.63, 3.8) is 0 Å². The predicted octanol–water partition coefficient (Wildman–Crippen LogP) is 2.43. The van der Waals surface area contributed by atoms with Gasteiger partial charge in [-0.1, -0.05) is 28.9 Å². The molecule has 0 amide bonds. The van der Waals surface area contributed by atoms with E-state index in [0.29, 0.717) is 11.7 Å². The Labute approximate surface area is 131 Å². The quantitative estimate of drug-likeness (QED) is 0.848. The lowest BCUT2D eigenvalue weighted by molar-refractivity contribution is 0.250. The molecular weight excluding hydrogens is 276 g/mol. The van der Waals surface area contributed by atoms with Crippen LogP contribution in [0.1, 0.15) is 17.9 Å². The van der Waals surface area contributed by atoms with Gasteiger partial charge in [0.2, 0.25) is 11.7 Å². The van der Waals surface area contributed by atoms with Crippen molar-refractivity contribution in [1.82, 2.24) is 19.9 Å². The van der Waals surface area contributed by atoms with Crippen LogP contribution in [0.2, 0.25) is 0 Å². The molecule has 118 valence electrons. The molecule has 1 aliphatic rings. The van der Waals surface area contributed by atoms with E-state index < -0.39 is 0 Å².